The highest BCUT2D eigenvalue weighted by atomic mass is 16.5. The van der Waals surface area contributed by atoms with Gasteiger partial charge in [-0.2, -0.15) is 0 Å². The highest BCUT2D eigenvalue weighted by molar-refractivity contribution is 5.83. The molecule has 0 spiro atoms. The summed E-state index contributed by atoms with van der Waals surface area (Å²) in [5.74, 6) is 0.702. The van der Waals surface area contributed by atoms with E-state index in [1.165, 1.54) is 0 Å². The van der Waals surface area contributed by atoms with Crippen molar-refractivity contribution >= 4 is 10.9 Å². The molecule has 0 saturated carbocycles. The van der Waals surface area contributed by atoms with Crippen LogP contribution >= 0.6 is 0 Å². The van der Waals surface area contributed by atoms with E-state index in [-0.39, 0.29) is 11.5 Å². The Bertz CT molecular complexity index is 896. The largest absolute Gasteiger partial charge is 0.475 e. The second-order valence-electron chi connectivity index (χ2n) is 5.77. The molecule has 2 heterocycles. The average molecular weight is 291 g/mol. The van der Waals surface area contributed by atoms with Crippen molar-refractivity contribution in [2.45, 2.75) is 25.9 Å². The molecule has 3 heteroatoms. The van der Waals surface area contributed by atoms with Crippen molar-refractivity contribution in [2.24, 2.45) is 0 Å². The molecule has 0 saturated heterocycles. The fourth-order valence-corrected chi connectivity index (χ4v) is 3.14. The molecule has 0 N–H and O–H groups in total. The summed E-state index contributed by atoms with van der Waals surface area (Å²) >= 11 is 0. The van der Waals surface area contributed by atoms with Gasteiger partial charge in [0.25, 0.3) is 0 Å². The molecule has 1 aromatic heterocycles. The van der Waals surface area contributed by atoms with Gasteiger partial charge in [0.2, 0.25) is 5.88 Å². The van der Waals surface area contributed by atoms with Crippen LogP contribution in [0.5, 0.6) is 5.88 Å². The van der Waals surface area contributed by atoms with Gasteiger partial charge >= 0.3 is 0 Å². The van der Waals surface area contributed by atoms with E-state index in [0.29, 0.717) is 5.88 Å². The fourth-order valence-electron chi connectivity index (χ4n) is 3.14. The van der Waals surface area contributed by atoms with Gasteiger partial charge in [-0.3, -0.25) is 9.36 Å². The summed E-state index contributed by atoms with van der Waals surface area (Å²) in [6.07, 6.45) is 1.78. The minimum absolute atomic E-state index is 0.102. The number of benzene rings is 2. The Morgan fingerprint density at radius 2 is 1.77 bits per heavy atom. The third-order valence-corrected chi connectivity index (χ3v) is 4.25. The second-order valence-corrected chi connectivity index (χ2v) is 5.77. The molecular weight excluding hydrogens is 274 g/mol. The normalized spacial score (nSPS) is 17.0. The van der Waals surface area contributed by atoms with Gasteiger partial charge in [-0.1, -0.05) is 30.3 Å². The quantitative estimate of drug-likeness (QED) is 0.684. The lowest BCUT2D eigenvalue weighted by atomic mass is 10.0. The highest BCUT2D eigenvalue weighted by Crippen LogP contribution is 2.31. The number of para-hydroxylation sites is 2. The third kappa shape index (κ3) is 1.93. The Morgan fingerprint density at radius 3 is 2.59 bits per heavy atom. The van der Waals surface area contributed by atoms with Gasteiger partial charge in [-0.15, -0.1) is 0 Å². The fraction of sp³-hybridized carbons (Fsp3) is 0.211. The van der Waals surface area contributed by atoms with Crippen molar-refractivity contribution in [3.05, 3.63) is 70.4 Å². The van der Waals surface area contributed by atoms with Gasteiger partial charge in [0.1, 0.15) is 0 Å². The molecule has 0 amide bonds. The maximum atomic E-state index is 12.8. The highest BCUT2D eigenvalue weighted by Gasteiger charge is 2.24. The molecule has 0 aliphatic carbocycles. The molecule has 3 aromatic rings. The molecule has 2 aromatic carbocycles. The first-order valence-corrected chi connectivity index (χ1v) is 7.64. The van der Waals surface area contributed by atoms with Crippen LogP contribution in [-0.2, 0) is 6.42 Å². The van der Waals surface area contributed by atoms with Crippen molar-refractivity contribution in [1.82, 2.24) is 4.57 Å². The molecule has 110 valence electrons. The summed E-state index contributed by atoms with van der Waals surface area (Å²) in [6.45, 7) is 2.05. The minimum Gasteiger partial charge on any atom is -0.475 e. The van der Waals surface area contributed by atoms with Crippen molar-refractivity contribution in [1.29, 1.82) is 0 Å². The zero-order valence-corrected chi connectivity index (χ0v) is 12.5. The molecule has 1 aliphatic heterocycles. The van der Waals surface area contributed by atoms with Crippen LogP contribution in [0, 0.1) is 0 Å². The van der Waals surface area contributed by atoms with Crippen molar-refractivity contribution < 1.29 is 4.74 Å². The van der Waals surface area contributed by atoms with Crippen LogP contribution in [0.15, 0.2) is 59.4 Å². The van der Waals surface area contributed by atoms with E-state index >= 15 is 0 Å². The first kappa shape index (κ1) is 13.1. The smallest absolute Gasteiger partial charge is 0.206 e. The van der Waals surface area contributed by atoms with E-state index in [0.717, 1.165) is 35.0 Å². The molecule has 1 unspecified atom stereocenters. The molecule has 0 radical (unpaired) electrons. The molecular formula is C19H17NO2. The number of ether oxygens (including phenoxy) is 1. The van der Waals surface area contributed by atoms with Crippen LogP contribution in [-0.4, -0.2) is 10.7 Å². The minimum atomic E-state index is 0.102. The van der Waals surface area contributed by atoms with Crippen molar-refractivity contribution in [3.8, 4) is 11.6 Å². The van der Waals surface area contributed by atoms with Crippen LogP contribution in [0.25, 0.3) is 16.6 Å². The van der Waals surface area contributed by atoms with E-state index in [9.17, 15) is 4.79 Å². The zero-order chi connectivity index (χ0) is 15.1. The SMILES string of the molecule is CC1CCc2c(n(-c3ccccc3)c3ccccc3c2=O)O1. The Labute approximate surface area is 128 Å². The monoisotopic (exact) mass is 291 g/mol. The lowest BCUT2D eigenvalue weighted by molar-refractivity contribution is 0.179. The average Bonchev–Trinajstić information content (AvgIpc) is 2.56. The van der Waals surface area contributed by atoms with Crippen molar-refractivity contribution in [2.75, 3.05) is 0 Å². The summed E-state index contributed by atoms with van der Waals surface area (Å²) in [5, 5.41) is 0.753. The van der Waals surface area contributed by atoms with E-state index < -0.39 is 0 Å². The number of nitrogens with zero attached hydrogens (tertiary/aromatic N) is 1. The lowest BCUT2D eigenvalue weighted by Crippen LogP contribution is -2.27. The van der Waals surface area contributed by atoms with Crippen molar-refractivity contribution in [3.63, 3.8) is 0 Å². The molecule has 0 fully saturated rings. The van der Waals surface area contributed by atoms with Crippen LogP contribution in [0.1, 0.15) is 18.9 Å². The van der Waals surface area contributed by atoms with Gasteiger partial charge in [0.15, 0.2) is 5.43 Å². The molecule has 22 heavy (non-hydrogen) atoms. The van der Waals surface area contributed by atoms with Crippen LogP contribution in [0.2, 0.25) is 0 Å². The van der Waals surface area contributed by atoms with Gasteiger partial charge in [0, 0.05) is 11.1 Å². The summed E-state index contributed by atoms with van der Waals surface area (Å²) in [4.78, 5) is 12.8. The molecule has 4 rings (SSSR count). The maximum Gasteiger partial charge on any atom is 0.206 e. The maximum absolute atomic E-state index is 12.8. The molecule has 3 nitrogen and oxygen atoms in total. The van der Waals surface area contributed by atoms with Gasteiger partial charge < -0.3 is 4.74 Å². The predicted octanol–water partition coefficient (Wildman–Crippen LogP) is 3.70. The van der Waals surface area contributed by atoms with Crippen LogP contribution < -0.4 is 10.2 Å². The van der Waals surface area contributed by atoms with Gasteiger partial charge in [-0.05, 0) is 44.0 Å². The topological polar surface area (TPSA) is 31.2 Å². The van der Waals surface area contributed by atoms with Gasteiger partial charge in [0.05, 0.1) is 17.2 Å². The summed E-state index contributed by atoms with van der Waals surface area (Å²) in [6, 6.07) is 17.8. The van der Waals surface area contributed by atoms with Crippen LogP contribution in [0.4, 0.5) is 0 Å². The van der Waals surface area contributed by atoms with E-state index in [1.807, 2.05) is 54.6 Å². The van der Waals surface area contributed by atoms with Gasteiger partial charge in [-0.25, -0.2) is 0 Å². The summed E-state index contributed by atoms with van der Waals surface area (Å²) < 4.78 is 8.14. The number of hydrogen-bond donors (Lipinski definition) is 0. The molecule has 1 aliphatic rings. The molecule has 0 bridgehead atoms. The summed E-state index contributed by atoms with van der Waals surface area (Å²) in [5.41, 5.74) is 2.81. The van der Waals surface area contributed by atoms with E-state index in [1.54, 1.807) is 0 Å². The van der Waals surface area contributed by atoms with E-state index in [4.69, 9.17) is 4.74 Å². The number of pyridine rings is 1. The Kier molecular flexibility index (Phi) is 3.00. The Morgan fingerprint density at radius 1 is 1.05 bits per heavy atom. The Hall–Kier alpha value is -2.55. The first-order valence-electron chi connectivity index (χ1n) is 7.64. The standard InChI is InChI=1S/C19H17NO2/c1-13-11-12-16-18(21)15-9-5-6-10-17(15)20(19(16)22-13)14-7-3-2-4-8-14/h2-10,13H,11-12H2,1H3. The lowest BCUT2D eigenvalue weighted by Gasteiger charge is -2.27. The number of aromatic nitrogens is 1. The number of hydrogen-bond acceptors (Lipinski definition) is 2. The van der Waals surface area contributed by atoms with E-state index in [2.05, 4.69) is 11.5 Å². The van der Waals surface area contributed by atoms with Crippen LogP contribution in [0.3, 0.4) is 0 Å². The first-order chi connectivity index (χ1) is 10.8. The summed E-state index contributed by atoms with van der Waals surface area (Å²) in [7, 11) is 0. The second kappa shape index (κ2) is 5.02. The zero-order valence-electron chi connectivity index (χ0n) is 12.5. The number of fused-ring (bicyclic) bond motifs is 2. The third-order valence-electron chi connectivity index (χ3n) is 4.25. The Balaban J connectivity index is 2.15. The number of rotatable bonds is 1. The molecule has 1 atom stereocenters. The predicted molar refractivity (Wildman–Crippen MR) is 88.0 cm³/mol.